The van der Waals surface area contributed by atoms with Gasteiger partial charge in [0.05, 0.1) is 19.3 Å². The summed E-state index contributed by atoms with van der Waals surface area (Å²) in [5, 5.41) is 16.0. The smallest absolute Gasteiger partial charge is 0.318 e. The first-order valence-electron chi connectivity index (χ1n) is 12.0. The lowest BCUT2D eigenvalue weighted by Gasteiger charge is -2.40. The molecule has 0 spiro atoms. The van der Waals surface area contributed by atoms with Gasteiger partial charge in [0.15, 0.2) is 0 Å². The van der Waals surface area contributed by atoms with E-state index in [1.54, 1.807) is 4.90 Å². The normalized spacial score (nSPS) is 23.7. The number of carbonyl (C=O) groups excluding carboxylic acids is 2. The molecule has 2 aliphatic heterocycles. The van der Waals surface area contributed by atoms with E-state index in [1.807, 2.05) is 0 Å². The van der Waals surface area contributed by atoms with Crippen LogP contribution in [0.3, 0.4) is 0 Å². The van der Waals surface area contributed by atoms with Crippen molar-refractivity contribution in [2.75, 3.05) is 39.4 Å². The van der Waals surface area contributed by atoms with E-state index >= 15 is 0 Å². The molecule has 31 heavy (non-hydrogen) atoms. The molecular weight excluding hydrogens is 394 g/mol. The summed E-state index contributed by atoms with van der Waals surface area (Å²) in [5.74, 6) is 0.224. The maximum Gasteiger partial charge on any atom is 0.318 e. The second kappa shape index (κ2) is 11.1. The van der Waals surface area contributed by atoms with E-state index in [0.717, 1.165) is 25.9 Å². The van der Waals surface area contributed by atoms with E-state index in [2.05, 4.69) is 35.5 Å². The van der Waals surface area contributed by atoms with Crippen molar-refractivity contribution in [3.05, 3.63) is 0 Å². The molecule has 3 aliphatic rings. The molecule has 1 aliphatic carbocycles. The van der Waals surface area contributed by atoms with Crippen molar-refractivity contribution in [2.24, 2.45) is 5.92 Å². The zero-order valence-corrected chi connectivity index (χ0v) is 19.2. The Labute approximate surface area is 186 Å². The van der Waals surface area contributed by atoms with Crippen LogP contribution < -0.4 is 10.6 Å². The summed E-state index contributed by atoms with van der Waals surface area (Å²) in [7, 11) is 0. The fraction of sp³-hybridized carbons (Fsp3) is 0.870. The fourth-order valence-corrected chi connectivity index (χ4v) is 5.00. The Kier molecular flexibility index (Phi) is 8.56. The number of hydrogen-bond donors (Lipinski definition) is 2. The van der Waals surface area contributed by atoms with Crippen molar-refractivity contribution in [2.45, 2.75) is 82.8 Å². The van der Waals surface area contributed by atoms with Gasteiger partial charge in [0.2, 0.25) is 5.91 Å². The zero-order valence-electron chi connectivity index (χ0n) is 19.2. The fourth-order valence-electron chi connectivity index (χ4n) is 5.00. The number of likely N-dealkylation sites (tertiary alicyclic amines) is 1. The molecule has 2 heterocycles. The highest BCUT2D eigenvalue weighted by atomic mass is 16.5. The number of morpholine rings is 1. The number of piperidine rings is 1. The van der Waals surface area contributed by atoms with Gasteiger partial charge in [-0.15, -0.1) is 0 Å². The van der Waals surface area contributed by atoms with Crippen molar-refractivity contribution >= 4 is 11.9 Å². The third-order valence-corrected chi connectivity index (χ3v) is 7.16. The van der Waals surface area contributed by atoms with Crippen molar-refractivity contribution < 1.29 is 14.3 Å². The average molecular weight is 434 g/mol. The van der Waals surface area contributed by atoms with Crippen LogP contribution in [0.15, 0.2) is 0 Å². The number of urea groups is 1. The van der Waals surface area contributed by atoms with Crippen LogP contribution in [-0.2, 0) is 9.53 Å². The lowest BCUT2D eigenvalue weighted by molar-refractivity contribution is -0.125. The summed E-state index contributed by atoms with van der Waals surface area (Å²) in [6.45, 7) is 8.01. The molecule has 1 atom stereocenters. The summed E-state index contributed by atoms with van der Waals surface area (Å²) < 4.78 is 5.34. The van der Waals surface area contributed by atoms with Gasteiger partial charge in [0.25, 0.3) is 0 Å². The average Bonchev–Trinajstić information content (AvgIpc) is 2.80. The molecule has 0 aromatic rings. The molecule has 8 nitrogen and oxygen atoms in total. The quantitative estimate of drug-likeness (QED) is 0.670. The highest BCUT2D eigenvalue weighted by Gasteiger charge is 2.39. The first-order valence-corrected chi connectivity index (χ1v) is 12.0. The Hall–Kier alpha value is -1.85. The topological polar surface area (TPSA) is 97.7 Å². The number of amides is 3. The van der Waals surface area contributed by atoms with Gasteiger partial charge in [-0.05, 0) is 39.0 Å². The van der Waals surface area contributed by atoms with Gasteiger partial charge >= 0.3 is 6.03 Å². The van der Waals surface area contributed by atoms with Gasteiger partial charge in [0.1, 0.15) is 11.6 Å². The minimum Gasteiger partial charge on any atom is -0.378 e. The van der Waals surface area contributed by atoms with Crippen molar-refractivity contribution in [1.29, 1.82) is 5.26 Å². The largest absolute Gasteiger partial charge is 0.378 e. The van der Waals surface area contributed by atoms with E-state index in [-0.39, 0.29) is 11.9 Å². The SMILES string of the molecule is CC(C)N1CCC(C#N)(NC(=O)C(CC2CCCCC2)NC(=O)N2CCOCC2)CC1. The van der Waals surface area contributed by atoms with Crippen LogP contribution >= 0.6 is 0 Å². The number of carbonyl (C=O) groups is 2. The summed E-state index contributed by atoms with van der Waals surface area (Å²) in [5.41, 5.74) is -0.850. The van der Waals surface area contributed by atoms with E-state index in [0.29, 0.717) is 57.5 Å². The molecule has 2 saturated heterocycles. The molecule has 0 bridgehead atoms. The maximum atomic E-state index is 13.3. The van der Waals surface area contributed by atoms with Crippen LogP contribution in [-0.4, -0.2) is 78.8 Å². The number of nitrogens with one attached hydrogen (secondary N) is 2. The van der Waals surface area contributed by atoms with Crippen molar-refractivity contribution in [3.63, 3.8) is 0 Å². The van der Waals surface area contributed by atoms with Gasteiger partial charge < -0.3 is 25.2 Å². The molecule has 8 heteroatoms. The predicted octanol–water partition coefficient (Wildman–Crippen LogP) is 2.25. The molecule has 1 saturated carbocycles. The Bertz CT molecular complexity index is 642. The Morgan fingerprint density at radius 1 is 1.10 bits per heavy atom. The van der Waals surface area contributed by atoms with Crippen LogP contribution in [0.4, 0.5) is 4.79 Å². The summed E-state index contributed by atoms with van der Waals surface area (Å²) in [4.78, 5) is 30.2. The third-order valence-electron chi connectivity index (χ3n) is 7.16. The third kappa shape index (κ3) is 6.56. The lowest BCUT2D eigenvalue weighted by atomic mass is 9.84. The van der Waals surface area contributed by atoms with Crippen LogP contribution in [0.5, 0.6) is 0 Å². The monoisotopic (exact) mass is 433 g/mol. The standard InChI is InChI=1S/C23H39N5O3/c1-18(2)27-10-8-23(17-24,9-11-27)26-21(29)20(16-19-6-4-3-5-7-19)25-22(30)28-12-14-31-15-13-28/h18-20H,3-16H2,1-2H3,(H,25,30)(H,26,29). The minimum absolute atomic E-state index is 0.208. The number of hydrogen-bond acceptors (Lipinski definition) is 5. The van der Waals surface area contributed by atoms with Crippen molar-refractivity contribution in [3.8, 4) is 6.07 Å². The number of nitrogens with zero attached hydrogens (tertiary/aromatic N) is 3. The summed E-state index contributed by atoms with van der Waals surface area (Å²) in [6, 6.07) is 2.00. The Morgan fingerprint density at radius 2 is 1.74 bits per heavy atom. The van der Waals surface area contributed by atoms with Gasteiger partial charge in [-0.1, -0.05) is 32.1 Å². The van der Waals surface area contributed by atoms with Gasteiger partial charge in [-0.3, -0.25) is 4.79 Å². The van der Waals surface area contributed by atoms with E-state index in [1.165, 1.54) is 19.3 Å². The molecular formula is C23H39N5O3. The summed E-state index contributed by atoms with van der Waals surface area (Å²) in [6.07, 6.45) is 7.68. The summed E-state index contributed by atoms with van der Waals surface area (Å²) >= 11 is 0. The highest BCUT2D eigenvalue weighted by Crippen LogP contribution is 2.28. The lowest BCUT2D eigenvalue weighted by Crippen LogP contribution is -2.60. The van der Waals surface area contributed by atoms with Gasteiger partial charge in [-0.2, -0.15) is 5.26 Å². The highest BCUT2D eigenvalue weighted by molar-refractivity contribution is 5.87. The Balaban J connectivity index is 1.65. The molecule has 3 fully saturated rings. The molecule has 2 N–H and O–H groups in total. The second-order valence-electron chi connectivity index (χ2n) is 9.65. The molecule has 0 aromatic carbocycles. The van der Waals surface area contributed by atoms with E-state index in [4.69, 9.17) is 4.74 Å². The maximum absolute atomic E-state index is 13.3. The molecule has 174 valence electrons. The molecule has 3 rings (SSSR count). The van der Waals surface area contributed by atoms with Crippen molar-refractivity contribution in [1.82, 2.24) is 20.4 Å². The zero-order chi connectivity index (χ0) is 22.3. The minimum atomic E-state index is -0.850. The van der Waals surface area contributed by atoms with E-state index < -0.39 is 11.6 Å². The molecule has 3 amide bonds. The van der Waals surface area contributed by atoms with Crippen LogP contribution in [0.2, 0.25) is 0 Å². The second-order valence-corrected chi connectivity index (χ2v) is 9.65. The first kappa shape index (κ1) is 23.8. The predicted molar refractivity (Wildman–Crippen MR) is 118 cm³/mol. The number of ether oxygens (including phenoxy) is 1. The van der Waals surface area contributed by atoms with Gasteiger partial charge in [0, 0.05) is 32.2 Å². The van der Waals surface area contributed by atoms with Crippen LogP contribution in [0, 0.1) is 17.2 Å². The first-order chi connectivity index (χ1) is 14.9. The Morgan fingerprint density at radius 3 is 2.32 bits per heavy atom. The van der Waals surface area contributed by atoms with E-state index in [9.17, 15) is 14.9 Å². The van der Waals surface area contributed by atoms with Crippen LogP contribution in [0.1, 0.15) is 65.2 Å². The molecule has 1 unspecified atom stereocenters. The molecule has 0 aromatic heterocycles. The number of nitriles is 1. The van der Waals surface area contributed by atoms with Crippen LogP contribution in [0.25, 0.3) is 0 Å². The van der Waals surface area contributed by atoms with Gasteiger partial charge in [-0.25, -0.2) is 4.79 Å². The molecule has 0 radical (unpaired) electrons. The number of rotatable bonds is 6.